The zero-order valence-electron chi connectivity index (χ0n) is 16.1. The molecular weight excluding hydrogens is 419 g/mol. The molecule has 1 fully saturated rings. The predicted octanol–water partition coefficient (Wildman–Crippen LogP) is 2.31. The Morgan fingerprint density at radius 2 is 2.03 bits per heavy atom. The van der Waals surface area contributed by atoms with Crippen molar-refractivity contribution in [2.45, 2.75) is 13.0 Å². The van der Waals surface area contributed by atoms with Crippen molar-refractivity contribution in [2.24, 2.45) is 0 Å². The monoisotopic (exact) mass is 442 g/mol. The van der Waals surface area contributed by atoms with E-state index in [2.05, 4.69) is 20.9 Å². The van der Waals surface area contributed by atoms with Gasteiger partial charge in [0.2, 0.25) is 5.91 Å². The first kappa shape index (κ1) is 24.6. The molecule has 0 radical (unpaired) electrons. The van der Waals surface area contributed by atoms with E-state index in [4.69, 9.17) is 9.47 Å². The highest BCUT2D eigenvalue weighted by atomic mass is 35.5. The number of ether oxygens (including phenoxy) is 2. The van der Waals surface area contributed by atoms with Gasteiger partial charge in [0, 0.05) is 37.6 Å². The summed E-state index contributed by atoms with van der Waals surface area (Å²) in [6.45, 7) is 3.50. The van der Waals surface area contributed by atoms with Crippen LogP contribution in [0.1, 0.15) is 16.1 Å². The summed E-state index contributed by atoms with van der Waals surface area (Å²) < 4.78 is 11.2. The second-order valence-electron chi connectivity index (χ2n) is 6.11. The van der Waals surface area contributed by atoms with E-state index in [1.54, 1.807) is 25.2 Å². The van der Waals surface area contributed by atoms with Crippen LogP contribution in [-0.4, -0.2) is 49.6 Å². The summed E-state index contributed by atoms with van der Waals surface area (Å²) in [5.41, 5.74) is 1.78. The molecule has 2 amide bonds. The molecule has 8 nitrogen and oxygen atoms in total. The number of aryl methyl sites for hydroxylation is 1. The standard InChI is InChI=1S/C19H22N4O4.2ClH/c1-12-3-4-13(23-19(25)16-11-26-8-7-22-16)9-17(12)27-14-5-6-21-15(10-14)18(24)20-2;;/h3-6,9-10,16,22H,7-8,11H2,1-2H3,(H,20,24)(H,23,25);2*1H. The molecule has 2 aromatic rings. The fraction of sp³-hybridized carbons (Fsp3) is 0.316. The summed E-state index contributed by atoms with van der Waals surface area (Å²) in [6, 6.07) is 8.27. The topological polar surface area (TPSA) is 102 Å². The number of aromatic nitrogens is 1. The molecule has 3 rings (SSSR count). The van der Waals surface area contributed by atoms with Crippen LogP contribution in [0.5, 0.6) is 11.5 Å². The number of rotatable bonds is 5. The number of carbonyl (C=O) groups is 2. The maximum absolute atomic E-state index is 12.3. The fourth-order valence-corrected chi connectivity index (χ4v) is 2.60. The van der Waals surface area contributed by atoms with E-state index in [0.29, 0.717) is 36.9 Å². The number of morpholine rings is 1. The van der Waals surface area contributed by atoms with Gasteiger partial charge >= 0.3 is 0 Å². The summed E-state index contributed by atoms with van der Waals surface area (Å²) in [5.74, 6) is 0.614. The molecule has 0 bridgehead atoms. The second kappa shape index (κ2) is 11.6. The first-order valence-electron chi connectivity index (χ1n) is 8.65. The minimum atomic E-state index is -0.375. The van der Waals surface area contributed by atoms with Gasteiger partial charge in [-0.15, -0.1) is 24.8 Å². The van der Waals surface area contributed by atoms with Crippen molar-refractivity contribution in [1.29, 1.82) is 0 Å². The van der Waals surface area contributed by atoms with Gasteiger partial charge in [0.25, 0.3) is 5.91 Å². The molecule has 1 saturated heterocycles. The van der Waals surface area contributed by atoms with Gasteiger partial charge in [0.1, 0.15) is 23.2 Å². The number of benzene rings is 1. The number of hydrogen-bond donors (Lipinski definition) is 3. The average Bonchev–Trinajstić information content (AvgIpc) is 2.70. The largest absolute Gasteiger partial charge is 0.457 e. The van der Waals surface area contributed by atoms with Gasteiger partial charge in [-0.05, 0) is 24.6 Å². The number of carbonyl (C=O) groups excluding carboxylic acids is 2. The number of nitrogens with one attached hydrogen (secondary N) is 3. The van der Waals surface area contributed by atoms with Crippen LogP contribution in [-0.2, 0) is 9.53 Å². The molecule has 10 heteroatoms. The number of nitrogens with zero attached hydrogens (tertiary/aromatic N) is 1. The van der Waals surface area contributed by atoms with E-state index in [1.807, 2.05) is 19.1 Å². The highest BCUT2D eigenvalue weighted by Crippen LogP contribution is 2.28. The zero-order valence-corrected chi connectivity index (χ0v) is 17.7. The second-order valence-corrected chi connectivity index (χ2v) is 6.11. The Morgan fingerprint density at radius 3 is 2.72 bits per heavy atom. The van der Waals surface area contributed by atoms with Gasteiger partial charge in [-0.2, -0.15) is 0 Å². The quantitative estimate of drug-likeness (QED) is 0.656. The van der Waals surface area contributed by atoms with Crippen LogP contribution in [0.4, 0.5) is 5.69 Å². The molecule has 0 saturated carbocycles. The first-order valence-corrected chi connectivity index (χ1v) is 8.65. The molecule has 0 aliphatic carbocycles. The highest BCUT2D eigenvalue weighted by Gasteiger charge is 2.21. The number of amides is 2. The molecule has 158 valence electrons. The van der Waals surface area contributed by atoms with Crippen molar-refractivity contribution >= 4 is 42.3 Å². The van der Waals surface area contributed by atoms with Crippen LogP contribution >= 0.6 is 24.8 Å². The maximum Gasteiger partial charge on any atom is 0.269 e. The van der Waals surface area contributed by atoms with Crippen LogP contribution in [0, 0.1) is 6.92 Å². The lowest BCUT2D eigenvalue weighted by molar-refractivity contribution is -0.120. The molecule has 1 aliphatic heterocycles. The SMILES string of the molecule is CNC(=O)c1cc(Oc2cc(NC(=O)C3COCCN3)ccc2C)ccn1.Cl.Cl. The minimum absolute atomic E-state index is 0. The first-order chi connectivity index (χ1) is 13.1. The highest BCUT2D eigenvalue weighted by molar-refractivity contribution is 5.95. The van der Waals surface area contributed by atoms with Gasteiger partial charge in [0.05, 0.1) is 13.2 Å². The third-order valence-corrected chi connectivity index (χ3v) is 4.11. The van der Waals surface area contributed by atoms with E-state index in [9.17, 15) is 9.59 Å². The van der Waals surface area contributed by atoms with Crippen LogP contribution in [0.25, 0.3) is 0 Å². The normalized spacial score (nSPS) is 15.3. The summed E-state index contributed by atoms with van der Waals surface area (Å²) >= 11 is 0. The molecule has 1 aliphatic rings. The van der Waals surface area contributed by atoms with E-state index < -0.39 is 0 Å². The van der Waals surface area contributed by atoms with Crippen LogP contribution in [0.15, 0.2) is 36.5 Å². The third kappa shape index (κ3) is 6.57. The number of pyridine rings is 1. The van der Waals surface area contributed by atoms with Gasteiger partial charge in [-0.25, -0.2) is 0 Å². The Labute approximate surface area is 181 Å². The molecular formula is C19H24Cl2N4O4. The van der Waals surface area contributed by atoms with Crippen molar-refractivity contribution in [2.75, 3.05) is 32.1 Å². The Kier molecular flexibility index (Phi) is 9.84. The zero-order chi connectivity index (χ0) is 19.2. The Bertz CT molecular complexity index is 845. The van der Waals surface area contributed by atoms with Crippen LogP contribution < -0.4 is 20.7 Å². The summed E-state index contributed by atoms with van der Waals surface area (Å²) in [7, 11) is 1.54. The van der Waals surface area contributed by atoms with E-state index in [1.165, 1.54) is 6.20 Å². The number of hydrogen-bond acceptors (Lipinski definition) is 6. The number of halogens is 2. The lowest BCUT2D eigenvalue weighted by Gasteiger charge is -2.23. The maximum atomic E-state index is 12.3. The summed E-state index contributed by atoms with van der Waals surface area (Å²) in [6.07, 6.45) is 1.51. The van der Waals surface area contributed by atoms with Crippen molar-refractivity contribution in [3.63, 3.8) is 0 Å². The molecule has 3 N–H and O–H groups in total. The lowest BCUT2D eigenvalue weighted by atomic mass is 10.2. The van der Waals surface area contributed by atoms with Gasteiger partial charge < -0.3 is 25.4 Å². The smallest absolute Gasteiger partial charge is 0.269 e. The fourth-order valence-electron chi connectivity index (χ4n) is 2.60. The van der Waals surface area contributed by atoms with Gasteiger partial charge in [-0.1, -0.05) is 6.07 Å². The predicted molar refractivity (Wildman–Crippen MR) is 115 cm³/mol. The summed E-state index contributed by atoms with van der Waals surface area (Å²) in [4.78, 5) is 28.1. The molecule has 29 heavy (non-hydrogen) atoms. The van der Waals surface area contributed by atoms with Crippen molar-refractivity contribution < 1.29 is 19.1 Å². The van der Waals surface area contributed by atoms with Gasteiger partial charge in [0.15, 0.2) is 0 Å². The summed E-state index contributed by atoms with van der Waals surface area (Å²) in [5, 5.41) is 8.50. The van der Waals surface area contributed by atoms with Crippen LogP contribution in [0.3, 0.4) is 0 Å². The van der Waals surface area contributed by atoms with E-state index in [-0.39, 0.29) is 48.4 Å². The molecule has 1 aromatic heterocycles. The van der Waals surface area contributed by atoms with Crippen molar-refractivity contribution in [3.05, 3.63) is 47.8 Å². The molecule has 1 atom stereocenters. The Balaban J connectivity index is 0.00000210. The third-order valence-electron chi connectivity index (χ3n) is 4.11. The van der Waals surface area contributed by atoms with Crippen molar-refractivity contribution in [3.8, 4) is 11.5 Å². The van der Waals surface area contributed by atoms with E-state index >= 15 is 0 Å². The molecule has 0 spiro atoms. The Morgan fingerprint density at radius 1 is 1.24 bits per heavy atom. The number of anilines is 1. The average molecular weight is 443 g/mol. The van der Waals surface area contributed by atoms with Crippen molar-refractivity contribution in [1.82, 2.24) is 15.6 Å². The lowest BCUT2D eigenvalue weighted by Crippen LogP contribution is -2.48. The molecule has 1 aromatic carbocycles. The Hall–Kier alpha value is -2.39. The van der Waals surface area contributed by atoms with Crippen LogP contribution in [0.2, 0.25) is 0 Å². The molecule has 1 unspecified atom stereocenters. The van der Waals surface area contributed by atoms with E-state index in [0.717, 1.165) is 5.56 Å². The minimum Gasteiger partial charge on any atom is -0.457 e. The molecule has 2 heterocycles. The van der Waals surface area contributed by atoms with Gasteiger partial charge in [-0.3, -0.25) is 14.6 Å².